The molecule has 1 rings (SSSR count). The molecule has 0 aliphatic heterocycles. The van der Waals surface area contributed by atoms with Gasteiger partial charge in [-0.3, -0.25) is 0 Å². The van der Waals surface area contributed by atoms with Crippen LogP contribution >= 0.6 is 11.6 Å². The molecule has 0 heterocycles. The van der Waals surface area contributed by atoms with Gasteiger partial charge in [0.2, 0.25) is 10.0 Å². The molecule has 0 saturated carbocycles. The number of hydrogen-bond acceptors (Lipinski definition) is 4. The van der Waals surface area contributed by atoms with Gasteiger partial charge in [0.25, 0.3) is 0 Å². The van der Waals surface area contributed by atoms with Crippen LogP contribution in [-0.2, 0) is 26.4 Å². The second-order valence-corrected chi connectivity index (χ2v) is 8.52. The summed E-state index contributed by atoms with van der Waals surface area (Å²) in [6.07, 6.45) is 1.00. The first-order valence-corrected chi connectivity index (χ1v) is 9.16. The Balaban J connectivity index is 2.54. The minimum absolute atomic E-state index is 0.114. The van der Waals surface area contributed by atoms with Crippen LogP contribution in [0.3, 0.4) is 0 Å². The second kappa shape index (κ2) is 6.01. The number of hydrogen-bond donors (Lipinski definition) is 1. The van der Waals surface area contributed by atoms with Crippen molar-refractivity contribution in [2.24, 2.45) is 0 Å². The van der Waals surface area contributed by atoms with Gasteiger partial charge in [-0.2, -0.15) is 0 Å². The van der Waals surface area contributed by atoms with Crippen molar-refractivity contribution in [3.63, 3.8) is 0 Å². The molecule has 102 valence electrons. The summed E-state index contributed by atoms with van der Waals surface area (Å²) in [5.74, 6) is -0.817. The zero-order valence-electron chi connectivity index (χ0n) is 9.76. The molecule has 0 amide bonds. The van der Waals surface area contributed by atoms with Gasteiger partial charge in [0.05, 0.1) is 11.5 Å². The first-order chi connectivity index (χ1) is 8.18. The Labute approximate surface area is 112 Å². The van der Waals surface area contributed by atoms with E-state index in [1.165, 1.54) is 0 Å². The first-order valence-electron chi connectivity index (χ1n) is 5.07. The van der Waals surface area contributed by atoms with Crippen molar-refractivity contribution >= 4 is 31.5 Å². The molecule has 0 fully saturated rings. The molecule has 8 heteroatoms. The maximum absolute atomic E-state index is 11.5. The van der Waals surface area contributed by atoms with Crippen LogP contribution in [-0.4, -0.2) is 34.6 Å². The summed E-state index contributed by atoms with van der Waals surface area (Å²) in [4.78, 5) is 0. The topological polar surface area (TPSA) is 80.3 Å². The van der Waals surface area contributed by atoms with Gasteiger partial charge < -0.3 is 0 Å². The molecule has 0 saturated heterocycles. The minimum atomic E-state index is -3.59. The third-order valence-electron chi connectivity index (χ3n) is 2.13. The van der Waals surface area contributed by atoms with Crippen molar-refractivity contribution < 1.29 is 16.8 Å². The van der Waals surface area contributed by atoms with Crippen molar-refractivity contribution in [1.82, 2.24) is 4.72 Å². The van der Waals surface area contributed by atoms with Gasteiger partial charge in [-0.1, -0.05) is 23.7 Å². The van der Waals surface area contributed by atoms with Crippen molar-refractivity contribution in [1.29, 1.82) is 0 Å². The quantitative estimate of drug-likeness (QED) is 0.843. The Bertz CT molecular complexity index is 593. The van der Waals surface area contributed by atoms with Crippen LogP contribution < -0.4 is 4.72 Å². The number of rotatable bonds is 6. The lowest BCUT2D eigenvalue weighted by Gasteiger charge is -2.06. The molecule has 0 aromatic heterocycles. The number of sulfonamides is 1. The molecule has 5 nitrogen and oxygen atoms in total. The van der Waals surface area contributed by atoms with E-state index in [0.717, 1.165) is 11.8 Å². The van der Waals surface area contributed by atoms with Crippen LogP contribution in [0.1, 0.15) is 5.56 Å². The van der Waals surface area contributed by atoms with Crippen LogP contribution in [0.15, 0.2) is 24.3 Å². The lowest BCUT2D eigenvalue weighted by molar-refractivity contribution is 0.579. The molecule has 0 spiro atoms. The zero-order valence-corrected chi connectivity index (χ0v) is 12.1. The fourth-order valence-corrected chi connectivity index (χ4v) is 3.87. The molecule has 0 aliphatic carbocycles. The Kier molecular flexibility index (Phi) is 5.15. The van der Waals surface area contributed by atoms with Crippen LogP contribution in [0.4, 0.5) is 0 Å². The predicted octanol–water partition coefficient (Wildman–Crippen LogP) is 0.804. The van der Waals surface area contributed by atoms with E-state index < -0.39 is 25.6 Å². The highest BCUT2D eigenvalue weighted by Crippen LogP contribution is 2.09. The third kappa shape index (κ3) is 6.34. The maximum Gasteiger partial charge on any atom is 0.212 e. The van der Waals surface area contributed by atoms with E-state index in [9.17, 15) is 16.8 Å². The summed E-state index contributed by atoms with van der Waals surface area (Å²) in [6, 6.07) is 6.70. The average Bonchev–Trinajstić information content (AvgIpc) is 2.25. The molecule has 1 N–H and O–H groups in total. The minimum Gasteiger partial charge on any atom is -0.229 e. The average molecular weight is 312 g/mol. The summed E-state index contributed by atoms with van der Waals surface area (Å²) in [6.45, 7) is 0.114. The molecule has 0 atom stereocenters. The van der Waals surface area contributed by atoms with Gasteiger partial charge in [-0.15, -0.1) is 0 Å². The number of halogens is 1. The van der Waals surface area contributed by atoms with Gasteiger partial charge in [0.1, 0.15) is 9.84 Å². The Morgan fingerprint density at radius 3 is 2.11 bits per heavy atom. The summed E-state index contributed by atoms with van der Waals surface area (Å²) in [5, 5.41) is 0.568. The standard InChI is InChI=1S/C10H14ClNO4S2/c1-17(13,14)6-7-18(15,16)12-8-9-2-4-10(11)5-3-9/h2-5,12H,6-8H2,1H3. The Morgan fingerprint density at radius 2 is 1.61 bits per heavy atom. The van der Waals surface area contributed by atoms with Crippen LogP contribution in [0.25, 0.3) is 0 Å². The van der Waals surface area contributed by atoms with Gasteiger partial charge in [0, 0.05) is 17.8 Å². The van der Waals surface area contributed by atoms with Crippen LogP contribution in [0.2, 0.25) is 5.02 Å². The molecule has 0 bridgehead atoms. The Morgan fingerprint density at radius 1 is 1.06 bits per heavy atom. The van der Waals surface area contributed by atoms with Gasteiger partial charge in [-0.05, 0) is 17.7 Å². The predicted molar refractivity (Wildman–Crippen MR) is 71.8 cm³/mol. The van der Waals surface area contributed by atoms with E-state index in [1.807, 2.05) is 0 Å². The lowest BCUT2D eigenvalue weighted by atomic mass is 10.2. The van der Waals surface area contributed by atoms with E-state index in [2.05, 4.69) is 4.72 Å². The zero-order chi connectivity index (χ0) is 13.8. The van der Waals surface area contributed by atoms with Crippen molar-refractivity contribution in [2.75, 3.05) is 17.8 Å². The van der Waals surface area contributed by atoms with E-state index in [0.29, 0.717) is 5.02 Å². The van der Waals surface area contributed by atoms with Crippen molar-refractivity contribution in [2.45, 2.75) is 6.54 Å². The molecular formula is C10H14ClNO4S2. The smallest absolute Gasteiger partial charge is 0.212 e. The summed E-state index contributed by atoms with van der Waals surface area (Å²) in [5.41, 5.74) is 0.752. The van der Waals surface area contributed by atoms with Gasteiger partial charge in [-0.25, -0.2) is 21.6 Å². The van der Waals surface area contributed by atoms with Gasteiger partial charge >= 0.3 is 0 Å². The fourth-order valence-electron chi connectivity index (χ4n) is 1.13. The highest BCUT2D eigenvalue weighted by atomic mass is 35.5. The SMILES string of the molecule is CS(=O)(=O)CCS(=O)(=O)NCc1ccc(Cl)cc1. The largest absolute Gasteiger partial charge is 0.229 e. The molecular weight excluding hydrogens is 298 g/mol. The summed E-state index contributed by atoms with van der Waals surface area (Å²) >= 11 is 5.70. The monoisotopic (exact) mass is 311 g/mol. The molecule has 0 aliphatic rings. The Hall–Kier alpha value is -0.630. The highest BCUT2D eigenvalue weighted by Gasteiger charge is 2.13. The van der Waals surface area contributed by atoms with E-state index in [-0.39, 0.29) is 12.3 Å². The maximum atomic E-state index is 11.5. The van der Waals surface area contributed by atoms with Crippen molar-refractivity contribution in [3.8, 4) is 0 Å². The third-order valence-corrected chi connectivity index (χ3v) is 4.91. The highest BCUT2D eigenvalue weighted by molar-refractivity contribution is 7.93. The molecule has 0 unspecified atom stereocenters. The van der Waals surface area contributed by atoms with Crippen LogP contribution in [0, 0.1) is 0 Å². The number of nitrogens with one attached hydrogen (secondary N) is 1. The number of benzene rings is 1. The fraction of sp³-hybridized carbons (Fsp3) is 0.400. The normalized spacial score (nSPS) is 12.6. The van der Waals surface area contributed by atoms with Crippen molar-refractivity contribution in [3.05, 3.63) is 34.9 Å². The molecule has 1 aromatic carbocycles. The van der Waals surface area contributed by atoms with E-state index in [1.54, 1.807) is 24.3 Å². The van der Waals surface area contributed by atoms with E-state index >= 15 is 0 Å². The first kappa shape index (κ1) is 15.4. The summed E-state index contributed by atoms with van der Waals surface area (Å²) in [7, 11) is -6.87. The molecule has 0 radical (unpaired) electrons. The lowest BCUT2D eigenvalue weighted by Crippen LogP contribution is -2.29. The van der Waals surface area contributed by atoms with Crippen LogP contribution in [0.5, 0.6) is 0 Å². The van der Waals surface area contributed by atoms with Gasteiger partial charge in [0.15, 0.2) is 0 Å². The summed E-state index contributed by atoms with van der Waals surface area (Å²) < 4.78 is 47.1. The number of sulfone groups is 1. The second-order valence-electron chi connectivity index (χ2n) is 3.90. The molecule has 1 aromatic rings. The van der Waals surface area contributed by atoms with E-state index in [4.69, 9.17) is 11.6 Å². The molecule has 18 heavy (non-hydrogen) atoms.